The van der Waals surface area contributed by atoms with Crippen LogP contribution in [-0.4, -0.2) is 15.5 Å². The first-order chi connectivity index (χ1) is 11.1. The normalized spacial score (nSPS) is 10.3. The van der Waals surface area contributed by atoms with Crippen LogP contribution in [0.15, 0.2) is 48.7 Å². The van der Waals surface area contributed by atoms with E-state index < -0.39 is 17.5 Å². The SMILES string of the molecule is O=C(Nc1ccccc1Oc1cc(F)cc(F)c1)c1cnns1. The molecule has 0 bridgehead atoms. The topological polar surface area (TPSA) is 64.1 Å². The summed E-state index contributed by atoms with van der Waals surface area (Å²) in [5, 5.41) is 6.23. The number of hydrogen-bond donors (Lipinski definition) is 1. The van der Waals surface area contributed by atoms with Gasteiger partial charge in [0.15, 0.2) is 5.75 Å². The van der Waals surface area contributed by atoms with E-state index >= 15 is 0 Å². The van der Waals surface area contributed by atoms with Gasteiger partial charge < -0.3 is 10.1 Å². The number of benzene rings is 2. The van der Waals surface area contributed by atoms with Crippen molar-refractivity contribution in [1.82, 2.24) is 9.59 Å². The summed E-state index contributed by atoms with van der Waals surface area (Å²) in [6.45, 7) is 0. The molecule has 0 radical (unpaired) electrons. The highest BCUT2D eigenvalue weighted by atomic mass is 32.1. The third-order valence-corrected chi connectivity index (χ3v) is 3.45. The number of para-hydroxylation sites is 2. The molecule has 0 unspecified atom stereocenters. The first-order valence-electron chi connectivity index (χ1n) is 6.43. The average molecular weight is 333 g/mol. The van der Waals surface area contributed by atoms with Gasteiger partial charge in [-0.3, -0.25) is 4.79 Å². The van der Waals surface area contributed by atoms with Crippen molar-refractivity contribution < 1.29 is 18.3 Å². The van der Waals surface area contributed by atoms with Crippen molar-refractivity contribution in [3.8, 4) is 11.5 Å². The van der Waals surface area contributed by atoms with E-state index in [2.05, 4.69) is 14.9 Å². The van der Waals surface area contributed by atoms with Crippen LogP contribution in [0.2, 0.25) is 0 Å². The zero-order valence-electron chi connectivity index (χ0n) is 11.5. The Morgan fingerprint density at radius 1 is 1.13 bits per heavy atom. The molecule has 0 aliphatic rings. The molecule has 0 saturated heterocycles. The number of carbonyl (C=O) groups excluding carboxylic acids is 1. The van der Waals surface area contributed by atoms with Crippen LogP contribution in [0.5, 0.6) is 11.5 Å². The van der Waals surface area contributed by atoms with E-state index in [1.54, 1.807) is 24.3 Å². The zero-order chi connectivity index (χ0) is 16.2. The van der Waals surface area contributed by atoms with Gasteiger partial charge in [-0.2, -0.15) is 0 Å². The van der Waals surface area contributed by atoms with Gasteiger partial charge in [0.05, 0.1) is 11.9 Å². The Morgan fingerprint density at radius 3 is 2.57 bits per heavy atom. The fraction of sp³-hybridized carbons (Fsp3) is 0. The summed E-state index contributed by atoms with van der Waals surface area (Å²) in [7, 11) is 0. The summed E-state index contributed by atoms with van der Waals surface area (Å²) in [5.74, 6) is -1.66. The lowest BCUT2D eigenvalue weighted by Crippen LogP contribution is -2.10. The average Bonchev–Trinajstić information content (AvgIpc) is 3.02. The molecule has 3 aromatic rings. The molecular weight excluding hydrogens is 324 g/mol. The number of carbonyl (C=O) groups is 1. The Labute approximate surface area is 133 Å². The van der Waals surface area contributed by atoms with Gasteiger partial charge in [0.2, 0.25) is 0 Å². The van der Waals surface area contributed by atoms with Crippen LogP contribution in [0.4, 0.5) is 14.5 Å². The van der Waals surface area contributed by atoms with Gasteiger partial charge in [-0.05, 0) is 23.7 Å². The molecule has 2 aromatic carbocycles. The third-order valence-electron chi connectivity index (χ3n) is 2.78. The maximum Gasteiger partial charge on any atom is 0.269 e. The molecule has 0 spiro atoms. The number of halogens is 2. The van der Waals surface area contributed by atoms with E-state index in [0.717, 1.165) is 29.7 Å². The predicted molar refractivity (Wildman–Crippen MR) is 80.7 cm³/mol. The van der Waals surface area contributed by atoms with Gasteiger partial charge in [-0.15, -0.1) is 5.10 Å². The standard InChI is InChI=1S/C15H9F2N3O2S/c16-9-5-10(17)7-11(6-9)22-13-4-2-1-3-12(13)19-15(21)14-8-18-20-23-14/h1-8H,(H,19,21). The lowest BCUT2D eigenvalue weighted by atomic mass is 10.2. The number of ether oxygens (including phenoxy) is 1. The maximum absolute atomic E-state index is 13.2. The van der Waals surface area contributed by atoms with Crippen molar-refractivity contribution in [3.63, 3.8) is 0 Å². The minimum atomic E-state index is -0.753. The van der Waals surface area contributed by atoms with Gasteiger partial charge in [-0.1, -0.05) is 16.6 Å². The summed E-state index contributed by atoms with van der Waals surface area (Å²) in [6.07, 6.45) is 1.34. The smallest absolute Gasteiger partial charge is 0.269 e. The van der Waals surface area contributed by atoms with Crippen molar-refractivity contribution in [2.75, 3.05) is 5.32 Å². The second-order valence-corrected chi connectivity index (χ2v) is 5.22. The lowest BCUT2D eigenvalue weighted by Gasteiger charge is -2.11. The Bertz CT molecular complexity index is 820. The third kappa shape index (κ3) is 3.67. The number of nitrogens with one attached hydrogen (secondary N) is 1. The number of amides is 1. The molecule has 3 rings (SSSR count). The Kier molecular flexibility index (Phi) is 4.24. The van der Waals surface area contributed by atoms with E-state index in [1.807, 2.05) is 0 Å². The van der Waals surface area contributed by atoms with E-state index in [1.165, 1.54) is 6.20 Å². The van der Waals surface area contributed by atoms with E-state index in [-0.39, 0.29) is 11.5 Å². The molecule has 0 fully saturated rings. The van der Waals surface area contributed by atoms with Gasteiger partial charge >= 0.3 is 0 Å². The van der Waals surface area contributed by atoms with Crippen LogP contribution < -0.4 is 10.1 Å². The molecule has 1 amide bonds. The van der Waals surface area contributed by atoms with E-state index in [9.17, 15) is 13.6 Å². The fourth-order valence-corrected chi connectivity index (χ4v) is 2.23. The van der Waals surface area contributed by atoms with Crippen LogP contribution in [0, 0.1) is 11.6 Å². The van der Waals surface area contributed by atoms with Crippen molar-refractivity contribution >= 4 is 23.1 Å². The van der Waals surface area contributed by atoms with Crippen LogP contribution in [-0.2, 0) is 0 Å². The number of aromatic nitrogens is 2. The maximum atomic E-state index is 13.2. The molecule has 0 saturated carbocycles. The number of anilines is 1. The highest BCUT2D eigenvalue weighted by molar-refractivity contribution is 7.07. The lowest BCUT2D eigenvalue weighted by molar-refractivity contribution is 0.103. The quantitative estimate of drug-likeness (QED) is 0.787. The molecule has 5 nitrogen and oxygen atoms in total. The largest absolute Gasteiger partial charge is 0.455 e. The van der Waals surface area contributed by atoms with Crippen LogP contribution in [0.25, 0.3) is 0 Å². The molecule has 1 aromatic heterocycles. The summed E-state index contributed by atoms with van der Waals surface area (Å²) in [6, 6.07) is 9.40. The van der Waals surface area contributed by atoms with Crippen molar-refractivity contribution in [2.45, 2.75) is 0 Å². The number of rotatable bonds is 4. The van der Waals surface area contributed by atoms with Gasteiger partial charge in [0.25, 0.3) is 5.91 Å². The highest BCUT2D eigenvalue weighted by Crippen LogP contribution is 2.30. The van der Waals surface area contributed by atoms with Crippen molar-refractivity contribution in [2.24, 2.45) is 0 Å². The zero-order valence-corrected chi connectivity index (χ0v) is 12.3. The minimum Gasteiger partial charge on any atom is -0.455 e. The molecular formula is C15H9F2N3O2S. The fourth-order valence-electron chi connectivity index (χ4n) is 1.82. The molecule has 23 heavy (non-hydrogen) atoms. The molecule has 1 N–H and O–H groups in total. The van der Waals surface area contributed by atoms with E-state index in [4.69, 9.17) is 4.74 Å². The number of nitrogens with zero attached hydrogens (tertiary/aromatic N) is 2. The minimum absolute atomic E-state index is 0.0105. The molecule has 0 aliphatic carbocycles. The van der Waals surface area contributed by atoms with E-state index in [0.29, 0.717) is 10.6 Å². The Hall–Kier alpha value is -2.87. The van der Waals surface area contributed by atoms with Gasteiger partial charge in [-0.25, -0.2) is 8.78 Å². The summed E-state index contributed by atoms with van der Waals surface area (Å²) >= 11 is 0.951. The molecule has 8 heteroatoms. The summed E-state index contributed by atoms with van der Waals surface area (Å²) in [4.78, 5) is 12.4. The first-order valence-corrected chi connectivity index (χ1v) is 7.21. The van der Waals surface area contributed by atoms with Crippen molar-refractivity contribution in [3.05, 3.63) is 65.2 Å². The van der Waals surface area contributed by atoms with Crippen LogP contribution >= 0.6 is 11.5 Å². The number of hydrogen-bond acceptors (Lipinski definition) is 5. The molecule has 116 valence electrons. The van der Waals surface area contributed by atoms with Gasteiger partial charge in [0.1, 0.15) is 22.3 Å². The second-order valence-electron chi connectivity index (χ2n) is 4.44. The monoisotopic (exact) mass is 333 g/mol. The molecule has 0 aliphatic heterocycles. The van der Waals surface area contributed by atoms with Crippen molar-refractivity contribution in [1.29, 1.82) is 0 Å². The van der Waals surface area contributed by atoms with Gasteiger partial charge in [0, 0.05) is 18.2 Å². The Balaban J connectivity index is 1.84. The van der Waals surface area contributed by atoms with Crippen LogP contribution in [0.3, 0.4) is 0 Å². The summed E-state index contributed by atoms with van der Waals surface area (Å²) < 4.78 is 35.5. The first kappa shape index (κ1) is 15.0. The van der Waals surface area contributed by atoms with Crippen LogP contribution in [0.1, 0.15) is 9.67 Å². The Morgan fingerprint density at radius 2 is 1.87 bits per heavy atom. The molecule has 1 heterocycles. The second kappa shape index (κ2) is 6.49. The summed E-state index contributed by atoms with van der Waals surface area (Å²) in [5.41, 5.74) is 0.357. The highest BCUT2D eigenvalue weighted by Gasteiger charge is 2.13. The molecule has 0 atom stereocenters. The predicted octanol–water partition coefficient (Wildman–Crippen LogP) is 3.86.